The van der Waals surface area contributed by atoms with Gasteiger partial charge in [0.1, 0.15) is 0 Å². The highest BCUT2D eigenvalue weighted by molar-refractivity contribution is 5.77. The Morgan fingerprint density at radius 1 is 1.39 bits per heavy atom. The molecule has 2 fully saturated rings. The molecule has 1 aromatic rings. The van der Waals surface area contributed by atoms with Gasteiger partial charge in [0, 0.05) is 18.7 Å². The minimum absolute atomic E-state index is 0.301. The zero-order valence-electron chi connectivity index (χ0n) is 10.5. The predicted octanol–water partition coefficient (Wildman–Crippen LogP) is 1.18. The number of hydrogen-bond donors (Lipinski definition) is 1. The first-order valence-corrected chi connectivity index (χ1v) is 6.73. The summed E-state index contributed by atoms with van der Waals surface area (Å²) in [6.07, 6.45) is 4.79. The summed E-state index contributed by atoms with van der Waals surface area (Å²) in [6.45, 7) is 2.66. The lowest BCUT2D eigenvalue weighted by Crippen LogP contribution is -2.45. The van der Waals surface area contributed by atoms with Crippen molar-refractivity contribution in [1.82, 2.24) is 15.2 Å². The monoisotopic (exact) mass is 245 g/mol. The smallest absolute Gasteiger partial charge is 0.223 e. The van der Waals surface area contributed by atoms with Crippen molar-refractivity contribution in [1.29, 1.82) is 0 Å². The van der Waals surface area contributed by atoms with Crippen molar-refractivity contribution in [3.05, 3.63) is 30.1 Å². The highest BCUT2D eigenvalue weighted by atomic mass is 16.2. The van der Waals surface area contributed by atoms with E-state index in [1.54, 1.807) is 6.20 Å². The minimum Gasteiger partial charge on any atom is -0.334 e. The summed E-state index contributed by atoms with van der Waals surface area (Å²) in [4.78, 5) is 18.6. The summed E-state index contributed by atoms with van der Waals surface area (Å²) in [6, 6.07) is 6.35. The second kappa shape index (κ2) is 5.06. The third-order valence-electron chi connectivity index (χ3n) is 3.70. The molecule has 1 saturated carbocycles. The van der Waals surface area contributed by atoms with Crippen molar-refractivity contribution in [2.24, 2.45) is 5.92 Å². The van der Waals surface area contributed by atoms with Gasteiger partial charge in [0.15, 0.2) is 0 Å². The molecule has 18 heavy (non-hydrogen) atoms. The number of hydrogen-bond acceptors (Lipinski definition) is 3. The Balaban J connectivity index is 1.62. The van der Waals surface area contributed by atoms with Crippen molar-refractivity contribution in [3.63, 3.8) is 0 Å². The van der Waals surface area contributed by atoms with Crippen LogP contribution in [0.2, 0.25) is 0 Å². The van der Waals surface area contributed by atoms with Crippen LogP contribution >= 0.6 is 0 Å². The second-order valence-electron chi connectivity index (χ2n) is 5.30. The molecule has 1 aliphatic heterocycles. The van der Waals surface area contributed by atoms with Crippen LogP contribution in [0.4, 0.5) is 0 Å². The van der Waals surface area contributed by atoms with Crippen LogP contribution < -0.4 is 5.32 Å². The number of rotatable bonds is 5. The fourth-order valence-electron chi connectivity index (χ4n) is 2.33. The fraction of sp³-hybridized carbons (Fsp3) is 0.571. The summed E-state index contributed by atoms with van der Waals surface area (Å²) < 4.78 is 0. The standard InChI is InChI=1S/C14H19N3O/c18-14(7-11-8-15-9-11)17(13-4-5-13)10-12-3-1-2-6-16-12/h1-3,6,11,13,15H,4-5,7-10H2. The van der Waals surface area contributed by atoms with E-state index in [1.165, 1.54) is 0 Å². The Morgan fingerprint density at radius 2 is 2.22 bits per heavy atom. The van der Waals surface area contributed by atoms with E-state index in [4.69, 9.17) is 0 Å². The van der Waals surface area contributed by atoms with E-state index in [-0.39, 0.29) is 0 Å². The van der Waals surface area contributed by atoms with Crippen molar-refractivity contribution in [2.75, 3.05) is 13.1 Å². The zero-order valence-corrected chi connectivity index (χ0v) is 10.5. The van der Waals surface area contributed by atoms with Crippen LogP contribution in [-0.2, 0) is 11.3 Å². The van der Waals surface area contributed by atoms with Crippen LogP contribution in [0.15, 0.2) is 24.4 Å². The topological polar surface area (TPSA) is 45.2 Å². The molecule has 4 nitrogen and oxygen atoms in total. The van der Waals surface area contributed by atoms with Gasteiger partial charge in [0.25, 0.3) is 0 Å². The van der Waals surface area contributed by atoms with Crippen LogP contribution in [0.5, 0.6) is 0 Å². The molecule has 0 spiro atoms. The molecule has 96 valence electrons. The van der Waals surface area contributed by atoms with Crippen molar-refractivity contribution >= 4 is 5.91 Å². The lowest BCUT2D eigenvalue weighted by atomic mass is 9.98. The van der Waals surface area contributed by atoms with Crippen LogP contribution in [0, 0.1) is 5.92 Å². The summed E-state index contributed by atoms with van der Waals surface area (Å²) in [5, 5.41) is 3.22. The van der Waals surface area contributed by atoms with E-state index >= 15 is 0 Å². The van der Waals surface area contributed by atoms with Gasteiger partial charge in [-0.2, -0.15) is 0 Å². The van der Waals surface area contributed by atoms with Crippen molar-refractivity contribution in [3.8, 4) is 0 Å². The molecular weight excluding hydrogens is 226 g/mol. The Labute approximate surface area is 107 Å². The van der Waals surface area contributed by atoms with E-state index in [0.717, 1.165) is 31.6 Å². The molecule has 2 heterocycles. The number of nitrogens with one attached hydrogen (secondary N) is 1. The Kier molecular flexibility index (Phi) is 3.28. The van der Waals surface area contributed by atoms with Gasteiger partial charge in [0.05, 0.1) is 12.2 Å². The van der Waals surface area contributed by atoms with Gasteiger partial charge in [-0.15, -0.1) is 0 Å². The first kappa shape index (κ1) is 11.7. The second-order valence-corrected chi connectivity index (χ2v) is 5.30. The van der Waals surface area contributed by atoms with E-state index in [9.17, 15) is 4.79 Å². The van der Waals surface area contributed by atoms with Gasteiger partial charge in [-0.1, -0.05) is 6.07 Å². The molecule has 1 saturated heterocycles. The molecule has 0 bridgehead atoms. The largest absolute Gasteiger partial charge is 0.334 e. The lowest BCUT2D eigenvalue weighted by Gasteiger charge is -2.30. The van der Waals surface area contributed by atoms with Gasteiger partial charge in [0.2, 0.25) is 5.91 Å². The molecule has 1 amide bonds. The number of aromatic nitrogens is 1. The number of amides is 1. The highest BCUT2D eigenvalue weighted by Gasteiger charge is 2.34. The summed E-state index contributed by atoms with van der Waals surface area (Å²) in [7, 11) is 0. The van der Waals surface area contributed by atoms with Gasteiger partial charge < -0.3 is 10.2 Å². The van der Waals surface area contributed by atoms with E-state index < -0.39 is 0 Å². The Morgan fingerprint density at radius 3 is 2.78 bits per heavy atom. The van der Waals surface area contributed by atoms with Crippen LogP contribution in [-0.4, -0.2) is 34.9 Å². The third kappa shape index (κ3) is 2.70. The molecule has 0 aromatic carbocycles. The first-order chi connectivity index (χ1) is 8.83. The zero-order chi connectivity index (χ0) is 12.4. The van der Waals surface area contributed by atoms with Crippen LogP contribution in [0.3, 0.4) is 0 Å². The third-order valence-corrected chi connectivity index (χ3v) is 3.70. The lowest BCUT2D eigenvalue weighted by molar-refractivity contribution is -0.133. The molecule has 1 aliphatic carbocycles. The highest BCUT2D eigenvalue weighted by Crippen LogP contribution is 2.29. The minimum atomic E-state index is 0.301. The molecule has 0 unspecified atom stereocenters. The Bertz CT molecular complexity index is 412. The number of carbonyl (C=O) groups excluding carboxylic acids is 1. The Hall–Kier alpha value is -1.42. The van der Waals surface area contributed by atoms with Gasteiger partial charge in [-0.05, 0) is 44.0 Å². The maximum Gasteiger partial charge on any atom is 0.223 e. The quantitative estimate of drug-likeness (QED) is 0.847. The van der Waals surface area contributed by atoms with Gasteiger partial charge >= 0.3 is 0 Å². The normalized spacial score (nSPS) is 19.3. The summed E-state index contributed by atoms with van der Waals surface area (Å²) in [5.41, 5.74) is 0.990. The van der Waals surface area contributed by atoms with E-state index in [1.807, 2.05) is 23.1 Å². The molecule has 4 heteroatoms. The molecular formula is C14H19N3O. The predicted molar refractivity (Wildman–Crippen MR) is 68.8 cm³/mol. The van der Waals surface area contributed by atoms with E-state index in [2.05, 4.69) is 10.3 Å². The van der Waals surface area contributed by atoms with Crippen LogP contribution in [0.25, 0.3) is 0 Å². The molecule has 2 aliphatic rings. The maximum absolute atomic E-state index is 12.3. The maximum atomic E-state index is 12.3. The van der Waals surface area contributed by atoms with Crippen LogP contribution in [0.1, 0.15) is 25.0 Å². The summed E-state index contributed by atoms with van der Waals surface area (Å²) >= 11 is 0. The molecule has 0 radical (unpaired) electrons. The SMILES string of the molecule is O=C(CC1CNC1)N(Cc1ccccn1)C1CC1. The fourth-order valence-corrected chi connectivity index (χ4v) is 2.33. The van der Waals surface area contributed by atoms with Gasteiger partial charge in [-0.25, -0.2) is 0 Å². The number of pyridine rings is 1. The first-order valence-electron chi connectivity index (χ1n) is 6.73. The summed E-state index contributed by atoms with van der Waals surface area (Å²) in [5.74, 6) is 0.845. The van der Waals surface area contributed by atoms with Gasteiger partial charge in [-0.3, -0.25) is 9.78 Å². The molecule has 3 rings (SSSR count). The van der Waals surface area contributed by atoms with Crippen molar-refractivity contribution in [2.45, 2.75) is 31.8 Å². The molecule has 0 atom stereocenters. The average molecular weight is 245 g/mol. The molecule has 1 N–H and O–H groups in total. The van der Waals surface area contributed by atoms with Crippen molar-refractivity contribution < 1.29 is 4.79 Å². The number of nitrogens with zero attached hydrogens (tertiary/aromatic N) is 2. The van der Waals surface area contributed by atoms with E-state index in [0.29, 0.717) is 30.8 Å². The average Bonchev–Trinajstić information content (AvgIpc) is 3.16. The number of carbonyl (C=O) groups is 1. The molecule has 1 aromatic heterocycles.